The molecule has 0 radical (unpaired) electrons. The fraction of sp³-hybridized carbons (Fsp3) is 0.250. The number of hydrogen-bond acceptors (Lipinski definition) is 3. The highest BCUT2D eigenvalue weighted by atomic mass is 19.3. The van der Waals surface area contributed by atoms with Crippen LogP contribution in [0.25, 0.3) is 0 Å². The second-order valence-electron chi connectivity index (χ2n) is 2.52. The van der Waals surface area contributed by atoms with Gasteiger partial charge in [-0.05, 0) is 0 Å². The quantitative estimate of drug-likeness (QED) is 0.793. The molecule has 0 saturated carbocycles. The van der Waals surface area contributed by atoms with Crippen molar-refractivity contribution in [3.8, 4) is 6.07 Å². The Balaban J connectivity index is 3.20. The number of pyridine rings is 1. The monoisotopic (exact) mass is 201 g/mol. The van der Waals surface area contributed by atoms with E-state index in [4.69, 9.17) is 11.0 Å². The summed E-state index contributed by atoms with van der Waals surface area (Å²) in [6, 6.07) is 1.66. The van der Waals surface area contributed by atoms with Crippen LogP contribution < -0.4 is 5.73 Å². The van der Waals surface area contributed by atoms with Gasteiger partial charge in [0.15, 0.2) is 5.82 Å². The van der Waals surface area contributed by atoms with Crippen LogP contribution in [0.4, 0.5) is 18.9 Å². The van der Waals surface area contributed by atoms with Crippen molar-refractivity contribution >= 4 is 5.69 Å². The van der Waals surface area contributed by atoms with E-state index in [9.17, 15) is 13.2 Å². The van der Waals surface area contributed by atoms with Gasteiger partial charge in [0.2, 0.25) is 0 Å². The van der Waals surface area contributed by atoms with Gasteiger partial charge in [-0.15, -0.1) is 0 Å². The molecule has 0 bridgehead atoms. The summed E-state index contributed by atoms with van der Waals surface area (Å²) in [5.41, 5.74) is 3.61. The number of hydrogen-bond donors (Lipinski definition) is 1. The molecule has 0 atom stereocenters. The van der Waals surface area contributed by atoms with Crippen molar-refractivity contribution in [2.45, 2.75) is 12.8 Å². The van der Waals surface area contributed by atoms with Crippen molar-refractivity contribution in [1.29, 1.82) is 5.26 Å². The lowest BCUT2D eigenvalue weighted by atomic mass is 10.2. The molecule has 3 nitrogen and oxygen atoms in total. The molecule has 14 heavy (non-hydrogen) atoms. The van der Waals surface area contributed by atoms with Gasteiger partial charge in [0.05, 0.1) is 29.4 Å². The number of halogens is 3. The molecule has 2 N–H and O–H groups in total. The summed E-state index contributed by atoms with van der Waals surface area (Å²) in [6.45, 7) is 0. The van der Waals surface area contributed by atoms with Crippen molar-refractivity contribution in [2.75, 3.05) is 5.73 Å². The maximum absolute atomic E-state index is 13.1. The zero-order valence-electron chi connectivity index (χ0n) is 6.97. The SMILES string of the molecule is N#CCc1ncc(C(F)F)c(N)c1F. The van der Waals surface area contributed by atoms with Crippen molar-refractivity contribution in [2.24, 2.45) is 0 Å². The molecule has 0 spiro atoms. The van der Waals surface area contributed by atoms with Gasteiger partial charge in [0.25, 0.3) is 6.43 Å². The van der Waals surface area contributed by atoms with E-state index in [2.05, 4.69) is 4.98 Å². The van der Waals surface area contributed by atoms with E-state index in [1.807, 2.05) is 0 Å². The Bertz CT molecular complexity index is 384. The van der Waals surface area contributed by atoms with Crippen LogP contribution in [-0.4, -0.2) is 4.98 Å². The number of aromatic nitrogens is 1. The van der Waals surface area contributed by atoms with E-state index >= 15 is 0 Å². The van der Waals surface area contributed by atoms with E-state index < -0.39 is 23.5 Å². The number of alkyl halides is 2. The van der Waals surface area contributed by atoms with Gasteiger partial charge in [0, 0.05) is 6.20 Å². The summed E-state index contributed by atoms with van der Waals surface area (Å²) < 4.78 is 37.5. The Morgan fingerprint density at radius 2 is 2.21 bits per heavy atom. The van der Waals surface area contributed by atoms with Gasteiger partial charge in [-0.1, -0.05) is 0 Å². The summed E-state index contributed by atoms with van der Waals surface area (Å²) in [4.78, 5) is 3.39. The first-order valence-electron chi connectivity index (χ1n) is 3.65. The van der Waals surface area contributed by atoms with E-state index in [1.165, 1.54) is 0 Å². The van der Waals surface area contributed by atoms with Crippen LogP contribution in [0.2, 0.25) is 0 Å². The van der Waals surface area contributed by atoms with Crippen LogP contribution in [0.15, 0.2) is 6.20 Å². The van der Waals surface area contributed by atoms with Crippen LogP contribution in [0.3, 0.4) is 0 Å². The topological polar surface area (TPSA) is 62.7 Å². The third-order valence-electron chi connectivity index (χ3n) is 1.64. The van der Waals surface area contributed by atoms with Gasteiger partial charge < -0.3 is 5.73 Å². The second-order valence-corrected chi connectivity index (χ2v) is 2.52. The number of anilines is 1. The molecule has 1 aromatic heterocycles. The van der Waals surface area contributed by atoms with E-state index in [1.54, 1.807) is 6.07 Å². The standard InChI is InChI=1S/C8H6F3N3/c9-6-5(1-2-12)14-3-4(7(6)13)8(10)11/h3,8H,1H2,(H2,13,14). The molecule has 1 rings (SSSR count). The highest BCUT2D eigenvalue weighted by Gasteiger charge is 2.17. The van der Waals surface area contributed by atoms with Crippen LogP contribution in [-0.2, 0) is 6.42 Å². The molecule has 0 fully saturated rings. The average Bonchev–Trinajstić information content (AvgIpc) is 2.13. The molecule has 0 saturated heterocycles. The molecule has 0 aliphatic heterocycles. The Labute approximate surface area is 78.0 Å². The predicted octanol–water partition coefficient (Wildman–Crippen LogP) is 1.81. The van der Waals surface area contributed by atoms with Crippen LogP contribution in [0.5, 0.6) is 0 Å². The lowest BCUT2D eigenvalue weighted by Gasteiger charge is -2.06. The van der Waals surface area contributed by atoms with Gasteiger partial charge in [0.1, 0.15) is 0 Å². The van der Waals surface area contributed by atoms with Crippen molar-refractivity contribution in [1.82, 2.24) is 4.98 Å². The molecule has 0 unspecified atom stereocenters. The summed E-state index contributed by atoms with van der Waals surface area (Å²) >= 11 is 0. The number of nitriles is 1. The van der Waals surface area contributed by atoms with E-state index in [0.717, 1.165) is 6.20 Å². The Kier molecular flexibility index (Phi) is 2.92. The predicted molar refractivity (Wildman–Crippen MR) is 42.9 cm³/mol. The van der Waals surface area contributed by atoms with Gasteiger partial charge in [-0.3, -0.25) is 4.98 Å². The first-order chi connectivity index (χ1) is 6.57. The lowest BCUT2D eigenvalue weighted by Crippen LogP contribution is -2.04. The molecule has 0 aliphatic carbocycles. The molecule has 0 amide bonds. The van der Waals surface area contributed by atoms with Crippen molar-refractivity contribution in [3.63, 3.8) is 0 Å². The minimum Gasteiger partial charge on any atom is -0.396 e. The molecular weight excluding hydrogens is 195 g/mol. The molecule has 74 valence electrons. The maximum atomic E-state index is 13.1. The van der Waals surface area contributed by atoms with Gasteiger partial charge in [-0.25, -0.2) is 13.2 Å². The number of nitrogens with two attached hydrogens (primary N) is 1. The maximum Gasteiger partial charge on any atom is 0.267 e. The fourth-order valence-electron chi connectivity index (χ4n) is 0.928. The number of nitrogen functional groups attached to an aromatic ring is 1. The highest BCUT2D eigenvalue weighted by molar-refractivity contribution is 5.49. The molecule has 1 aromatic rings. The summed E-state index contributed by atoms with van der Waals surface area (Å²) in [5.74, 6) is -1.04. The average molecular weight is 201 g/mol. The van der Waals surface area contributed by atoms with Crippen LogP contribution >= 0.6 is 0 Å². The first kappa shape index (κ1) is 10.3. The minimum atomic E-state index is -2.87. The molecular formula is C8H6F3N3. The Hall–Kier alpha value is -1.77. The second kappa shape index (κ2) is 3.96. The summed E-state index contributed by atoms with van der Waals surface area (Å²) in [5, 5.41) is 8.27. The normalized spacial score (nSPS) is 10.2. The van der Waals surface area contributed by atoms with Crippen LogP contribution in [0, 0.1) is 17.1 Å². The van der Waals surface area contributed by atoms with E-state index in [0.29, 0.717) is 0 Å². The third-order valence-corrected chi connectivity index (χ3v) is 1.64. The molecule has 6 heteroatoms. The van der Waals surface area contributed by atoms with Crippen LogP contribution in [0.1, 0.15) is 17.7 Å². The van der Waals surface area contributed by atoms with Gasteiger partial charge in [-0.2, -0.15) is 5.26 Å². The minimum absolute atomic E-state index is 0.214. The lowest BCUT2D eigenvalue weighted by molar-refractivity contribution is 0.151. The highest BCUT2D eigenvalue weighted by Crippen LogP contribution is 2.27. The molecule has 0 aliphatic rings. The van der Waals surface area contributed by atoms with Crippen molar-refractivity contribution in [3.05, 3.63) is 23.3 Å². The number of rotatable bonds is 2. The van der Waals surface area contributed by atoms with Crippen molar-refractivity contribution < 1.29 is 13.2 Å². The zero-order chi connectivity index (χ0) is 10.7. The third kappa shape index (κ3) is 1.76. The summed E-state index contributed by atoms with van der Waals surface area (Å²) in [7, 11) is 0. The number of nitrogens with zero attached hydrogens (tertiary/aromatic N) is 2. The Morgan fingerprint density at radius 1 is 1.57 bits per heavy atom. The fourth-order valence-corrected chi connectivity index (χ4v) is 0.928. The molecule has 1 heterocycles. The summed E-state index contributed by atoms with van der Waals surface area (Å²) in [6.07, 6.45) is -2.37. The largest absolute Gasteiger partial charge is 0.396 e. The van der Waals surface area contributed by atoms with Gasteiger partial charge >= 0.3 is 0 Å². The molecule has 0 aromatic carbocycles. The van der Waals surface area contributed by atoms with E-state index in [-0.39, 0.29) is 12.1 Å². The zero-order valence-corrected chi connectivity index (χ0v) is 6.97. The smallest absolute Gasteiger partial charge is 0.267 e. The Morgan fingerprint density at radius 3 is 2.71 bits per heavy atom. The first-order valence-corrected chi connectivity index (χ1v) is 3.65.